The van der Waals surface area contributed by atoms with Crippen molar-refractivity contribution in [3.05, 3.63) is 24.2 Å². The van der Waals surface area contributed by atoms with Gasteiger partial charge in [-0.1, -0.05) is 0 Å². The molecule has 0 aromatic carbocycles. The minimum Gasteiger partial charge on any atom is -0.480 e. The number of carboxylic acids is 1. The molecule has 1 aromatic heterocycles. The fraction of sp³-hybridized carbons (Fsp3) is 0.364. The number of amides is 2. The molecule has 0 saturated carbocycles. The van der Waals surface area contributed by atoms with Crippen molar-refractivity contribution in [3.63, 3.8) is 0 Å². The van der Waals surface area contributed by atoms with Gasteiger partial charge < -0.3 is 20.2 Å². The summed E-state index contributed by atoms with van der Waals surface area (Å²) < 4.78 is 4.73. The quantitative estimate of drug-likeness (QED) is 0.684. The molecule has 2 atom stereocenters. The Bertz CT molecular complexity index is 440. The largest absolute Gasteiger partial charge is 0.480 e. The normalized spacial score (nSPS) is 13.4. The molecule has 3 N–H and O–H groups in total. The minimum atomic E-state index is -1.14. The zero-order valence-electron chi connectivity index (χ0n) is 9.97. The predicted molar refractivity (Wildman–Crippen MR) is 60.9 cm³/mol. The van der Waals surface area contributed by atoms with E-state index in [0.717, 1.165) is 0 Å². The summed E-state index contributed by atoms with van der Waals surface area (Å²) >= 11 is 0. The number of carboxylic acid groups (broad SMARTS) is 1. The van der Waals surface area contributed by atoms with Crippen LogP contribution in [0.5, 0.6) is 0 Å². The summed E-state index contributed by atoms with van der Waals surface area (Å²) in [4.78, 5) is 33.7. The van der Waals surface area contributed by atoms with Gasteiger partial charge in [-0.2, -0.15) is 0 Å². The fourth-order valence-electron chi connectivity index (χ4n) is 1.14. The van der Waals surface area contributed by atoms with Gasteiger partial charge in [0.25, 0.3) is 5.91 Å². The molecule has 98 valence electrons. The second-order valence-corrected chi connectivity index (χ2v) is 3.78. The Balaban J connectivity index is 2.50. The molecule has 0 aliphatic carbocycles. The Morgan fingerprint density at radius 1 is 1.22 bits per heavy atom. The van der Waals surface area contributed by atoms with Gasteiger partial charge in [-0.15, -0.1) is 0 Å². The van der Waals surface area contributed by atoms with Crippen molar-refractivity contribution in [3.8, 4) is 0 Å². The molecule has 1 heterocycles. The molecule has 0 aliphatic rings. The van der Waals surface area contributed by atoms with Crippen LogP contribution >= 0.6 is 0 Å². The van der Waals surface area contributed by atoms with Crippen LogP contribution in [0.15, 0.2) is 23.0 Å². The fourth-order valence-corrected chi connectivity index (χ4v) is 1.14. The number of hydrogen-bond acceptors (Lipinski definition) is 4. The van der Waals surface area contributed by atoms with Gasteiger partial charge in [-0.05, 0) is 19.9 Å². The molecule has 0 spiro atoms. The summed E-state index contributed by atoms with van der Waals surface area (Å²) in [5, 5.41) is 13.3. The van der Waals surface area contributed by atoms with Crippen LogP contribution < -0.4 is 10.6 Å². The van der Waals surface area contributed by atoms with Gasteiger partial charge in [0.1, 0.15) is 18.3 Å². The molecule has 7 heteroatoms. The third kappa shape index (κ3) is 3.62. The van der Waals surface area contributed by atoms with Crippen LogP contribution in [-0.2, 0) is 9.59 Å². The average Bonchev–Trinajstić information content (AvgIpc) is 2.81. The minimum absolute atomic E-state index is 0.293. The van der Waals surface area contributed by atoms with Crippen molar-refractivity contribution in [2.24, 2.45) is 0 Å². The molecule has 0 radical (unpaired) electrons. The van der Waals surface area contributed by atoms with Gasteiger partial charge in [0.15, 0.2) is 0 Å². The summed E-state index contributed by atoms with van der Waals surface area (Å²) in [6.07, 6.45) is 2.59. The third-order valence-corrected chi connectivity index (χ3v) is 2.25. The highest BCUT2D eigenvalue weighted by atomic mass is 16.4. The highest BCUT2D eigenvalue weighted by Gasteiger charge is 2.21. The third-order valence-electron chi connectivity index (χ3n) is 2.25. The smallest absolute Gasteiger partial charge is 0.325 e. The molecule has 0 fully saturated rings. The van der Waals surface area contributed by atoms with Crippen LogP contribution in [-0.4, -0.2) is 35.0 Å². The average molecular weight is 254 g/mol. The second-order valence-electron chi connectivity index (χ2n) is 3.78. The van der Waals surface area contributed by atoms with Crippen LogP contribution in [0.1, 0.15) is 24.2 Å². The van der Waals surface area contributed by atoms with Crippen LogP contribution in [0, 0.1) is 0 Å². The number of aliphatic carboxylic acids is 1. The Morgan fingerprint density at radius 2 is 1.89 bits per heavy atom. The highest BCUT2D eigenvalue weighted by molar-refractivity contribution is 5.97. The molecule has 2 amide bonds. The van der Waals surface area contributed by atoms with Crippen molar-refractivity contribution in [2.45, 2.75) is 25.9 Å². The Labute approximate surface area is 103 Å². The number of carbonyl (C=O) groups is 3. The molecule has 7 nitrogen and oxygen atoms in total. The molecule has 0 saturated heterocycles. The molecule has 2 unspecified atom stereocenters. The number of nitrogens with one attached hydrogen (secondary N) is 2. The predicted octanol–water partition coefficient (Wildman–Crippen LogP) is -0.0128. The van der Waals surface area contributed by atoms with E-state index < -0.39 is 29.9 Å². The van der Waals surface area contributed by atoms with Crippen molar-refractivity contribution < 1.29 is 23.9 Å². The summed E-state index contributed by atoms with van der Waals surface area (Å²) in [5.41, 5.74) is 0.293. The zero-order chi connectivity index (χ0) is 13.7. The lowest BCUT2D eigenvalue weighted by molar-refractivity contribution is -0.141. The topological polar surface area (TPSA) is 109 Å². The first kappa shape index (κ1) is 13.8. The number of hydrogen-bond donors (Lipinski definition) is 3. The lowest BCUT2D eigenvalue weighted by Crippen LogP contribution is -2.49. The van der Waals surface area contributed by atoms with Crippen molar-refractivity contribution in [1.82, 2.24) is 10.6 Å². The first-order chi connectivity index (χ1) is 8.41. The number of carbonyl (C=O) groups excluding carboxylic acids is 2. The zero-order valence-corrected chi connectivity index (χ0v) is 9.97. The van der Waals surface area contributed by atoms with E-state index in [1.165, 1.54) is 32.4 Å². The van der Waals surface area contributed by atoms with Crippen molar-refractivity contribution in [1.29, 1.82) is 0 Å². The van der Waals surface area contributed by atoms with E-state index in [2.05, 4.69) is 10.6 Å². The van der Waals surface area contributed by atoms with Gasteiger partial charge in [0.05, 0.1) is 11.8 Å². The van der Waals surface area contributed by atoms with E-state index in [0.29, 0.717) is 5.56 Å². The Morgan fingerprint density at radius 3 is 2.39 bits per heavy atom. The van der Waals surface area contributed by atoms with Crippen molar-refractivity contribution in [2.75, 3.05) is 0 Å². The van der Waals surface area contributed by atoms with Gasteiger partial charge in [0.2, 0.25) is 5.91 Å². The van der Waals surface area contributed by atoms with Gasteiger partial charge in [-0.25, -0.2) is 0 Å². The number of rotatable bonds is 5. The van der Waals surface area contributed by atoms with E-state index in [1.807, 2.05) is 0 Å². The number of furan rings is 1. The van der Waals surface area contributed by atoms with E-state index in [-0.39, 0.29) is 0 Å². The lowest BCUT2D eigenvalue weighted by atomic mass is 10.2. The van der Waals surface area contributed by atoms with Gasteiger partial charge >= 0.3 is 5.97 Å². The maximum atomic E-state index is 11.6. The Kier molecular flexibility index (Phi) is 4.47. The van der Waals surface area contributed by atoms with Crippen LogP contribution in [0.3, 0.4) is 0 Å². The lowest BCUT2D eigenvalue weighted by Gasteiger charge is -2.15. The van der Waals surface area contributed by atoms with E-state index >= 15 is 0 Å². The molecule has 1 aromatic rings. The maximum Gasteiger partial charge on any atom is 0.325 e. The maximum absolute atomic E-state index is 11.6. The monoisotopic (exact) mass is 254 g/mol. The molecule has 1 rings (SSSR count). The van der Waals surface area contributed by atoms with Gasteiger partial charge in [0, 0.05) is 0 Å². The molecule has 0 bridgehead atoms. The summed E-state index contributed by atoms with van der Waals surface area (Å²) in [6, 6.07) is -0.389. The second kappa shape index (κ2) is 5.85. The Hall–Kier alpha value is -2.31. The molecular formula is C11H14N2O5. The van der Waals surface area contributed by atoms with E-state index in [1.54, 1.807) is 0 Å². The van der Waals surface area contributed by atoms with E-state index in [9.17, 15) is 14.4 Å². The highest BCUT2D eigenvalue weighted by Crippen LogP contribution is 2.00. The first-order valence-corrected chi connectivity index (χ1v) is 5.28. The molecular weight excluding hydrogens is 240 g/mol. The summed E-state index contributed by atoms with van der Waals surface area (Å²) in [5.74, 6) is -2.17. The molecule has 18 heavy (non-hydrogen) atoms. The first-order valence-electron chi connectivity index (χ1n) is 5.28. The standard InChI is InChI=1S/C11H14N2O5/c1-6(9(14)13-7(2)11(16)17)12-10(15)8-3-4-18-5-8/h3-7H,1-2H3,(H,12,15)(H,13,14)(H,16,17). The van der Waals surface area contributed by atoms with E-state index in [4.69, 9.17) is 9.52 Å². The van der Waals surface area contributed by atoms with Gasteiger partial charge in [-0.3, -0.25) is 14.4 Å². The van der Waals surface area contributed by atoms with Crippen LogP contribution in [0.25, 0.3) is 0 Å². The SMILES string of the molecule is CC(NC(=O)C(C)NC(=O)c1ccoc1)C(=O)O. The summed E-state index contributed by atoms with van der Waals surface area (Å²) in [6.45, 7) is 2.80. The van der Waals surface area contributed by atoms with Crippen molar-refractivity contribution >= 4 is 17.8 Å². The molecule has 0 aliphatic heterocycles. The van der Waals surface area contributed by atoms with Crippen LogP contribution in [0.4, 0.5) is 0 Å². The van der Waals surface area contributed by atoms with Crippen LogP contribution in [0.2, 0.25) is 0 Å². The summed E-state index contributed by atoms with van der Waals surface area (Å²) in [7, 11) is 0.